The predicted octanol–water partition coefficient (Wildman–Crippen LogP) is 3.20. The Kier molecular flexibility index (Phi) is 4.08. The van der Waals surface area contributed by atoms with Crippen molar-refractivity contribution in [2.24, 2.45) is 0 Å². The minimum Gasteiger partial charge on any atom is -0.504 e. The van der Waals surface area contributed by atoms with Crippen molar-refractivity contribution in [2.45, 2.75) is 11.8 Å². The van der Waals surface area contributed by atoms with E-state index in [1.54, 1.807) is 13.0 Å². The molecular weight excluding hydrogens is 323 g/mol. The van der Waals surface area contributed by atoms with Gasteiger partial charge in [0.05, 0.1) is 11.1 Å². The molecule has 0 spiro atoms. The number of hydrogen-bond donors (Lipinski definition) is 2. The maximum atomic E-state index is 12.2. The Labute approximate surface area is 126 Å². The second-order valence-electron chi connectivity index (χ2n) is 4.03. The van der Waals surface area contributed by atoms with Gasteiger partial charge in [-0.15, -0.1) is 0 Å². The van der Waals surface area contributed by atoms with Gasteiger partial charge in [-0.25, -0.2) is 8.42 Å². The summed E-state index contributed by atoms with van der Waals surface area (Å²) in [5, 5.41) is 9.97. The fraction of sp³-hybridized carbons (Fsp3) is 0.0833. The Bertz CT molecular complexity index is 763. The summed E-state index contributed by atoms with van der Waals surface area (Å²) in [5.41, 5.74) is 0.659. The average Bonchev–Trinajstić information content (AvgIpc) is 2.38. The minimum atomic E-state index is -3.88. The summed E-state index contributed by atoms with van der Waals surface area (Å²) >= 11 is 11.6. The first-order chi connectivity index (χ1) is 9.31. The predicted molar refractivity (Wildman–Crippen MR) is 77.9 cm³/mol. The molecule has 8 heteroatoms. The standard InChI is InChI=1S/C12H10Cl2N2O3S/c1-7-2-3-8(4-9(7)13)20(18,19)16-11-6-15-5-10(14)12(11)17/h2-6,16H,1H3,(H,15,17). The fourth-order valence-corrected chi connectivity index (χ4v) is 2.93. The van der Waals surface area contributed by atoms with Gasteiger partial charge >= 0.3 is 0 Å². The number of rotatable bonds is 3. The maximum absolute atomic E-state index is 12.2. The van der Waals surface area contributed by atoms with E-state index in [1.165, 1.54) is 18.3 Å². The summed E-state index contributed by atoms with van der Waals surface area (Å²) in [6.45, 7) is 1.76. The Balaban J connectivity index is 2.41. The van der Waals surface area contributed by atoms with Crippen LogP contribution in [-0.2, 0) is 10.0 Å². The number of aryl methyl sites for hydroxylation is 1. The van der Waals surface area contributed by atoms with Crippen molar-refractivity contribution in [1.82, 2.24) is 4.98 Å². The van der Waals surface area contributed by atoms with E-state index in [9.17, 15) is 13.5 Å². The maximum Gasteiger partial charge on any atom is 0.262 e. The van der Waals surface area contributed by atoms with Gasteiger partial charge in [-0.05, 0) is 24.6 Å². The highest BCUT2D eigenvalue weighted by atomic mass is 35.5. The van der Waals surface area contributed by atoms with Crippen molar-refractivity contribution in [3.05, 3.63) is 46.2 Å². The number of halogens is 2. The van der Waals surface area contributed by atoms with Gasteiger partial charge in [0.25, 0.3) is 10.0 Å². The number of pyridine rings is 1. The number of aromatic hydroxyl groups is 1. The first kappa shape index (κ1) is 14.9. The van der Waals surface area contributed by atoms with Crippen LogP contribution in [0.15, 0.2) is 35.5 Å². The lowest BCUT2D eigenvalue weighted by Crippen LogP contribution is -2.13. The van der Waals surface area contributed by atoms with Crippen LogP contribution in [0.4, 0.5) is 5.69 Å². The van der Waals surface area contributed by atoms with Gasteiger partial charge in [0, 0.05) is 11.2 Å². The third kappa shape index (κ3) is 2.98. The van der Waals surface area contributed by atoms with Crippen LogP contribution in [0.2, 0.25) is 10.0 Å². The molecule has 2 N–H and O–H groups in total. The van der Waals surface area contributed by atoms with E-state index in [0.717, 1.165) is 11.8 Å². The van der Waals surface area contributed by atoms with Gasteiger partial charge in [0.2, 0.25) is 0 Å². The molecule has 1 aromatic carbocycles. The number of aromatic nitrogens is 1. The molecule has 1 heterocycles. The van der Waals surface area contributed by atoms with E-state index in [1.807, 2.05) is 0 Å². The van der Waals surface area contributed by atoms with Crippen LogP contribution in [0.5, 0.6) is 5.75 Å². The number of nitrogens with one attached hydrogen (secondary N) is 1. The average molecular weight is 333 g/mol. The quantitative estimate of drug-likeness (QED) is 0.904. The molecule has 1 aromatic heterocycles. The number of nitrogens with zero attached hydrogens (tertiary/aromatic N) is 1. The Morgan fingerprint density at radius 3 is 2.55 bits per heavy atom. The molecule has 20 heavy (non-hydrogen) atoms. The molecule has 0 saturated heterocycles. The van der Waals surface area contributed by atoms with E-state index in [4.69, 9.17) is 23.2 Å². The van der Waals surface area contributed by atoms with Crippen LogP contribution in [0.3, 0.4) is 0 Å². The smallest absolute Gasteiger partial charge is 0.262 e. The minimum absolute atomic E-state index is 0.0209. The van der Waals surface area contributed by atoms with Crippen molar-refractivity contribution in [2.75, 3.05) is 4.72 Å². The van der Waals surface area contributed by atoms with Gasteiger partial charge in [0.15, 0.2) is 5.75 Å². The van der Waals surface area contributed by atoms with Crippen molar-refractivity contribution < 1.29 is 13.5 Å². The lowest BCUT2D eigenvalue weighted by Gasteiger charge is -2.10. The van der Waals surface area contributed by atoms with Gasteiger partial charge in [-0.2, -0.15) is 0 Å². The first-order valence-electron chi connectivity index (χ1n) is 5.42. The second-order valence-corrected chi connectivity index (χ2v) is 6.53. The summed E-state index contributed by atoms with van der Waals surface area (Å²) in [6, 6.07) is 4.33. The monoisotopic (exact) mass is 332 g/mol. The molecular formula is C12H10Cl2N2O3S. The summed E-state index contributed by atoms with van der Waals surface area (Å²) in [4.78, 5) is 3.69. The zero-order chi connectivity index (χ0) is 14.9. The SMILES string of the molecule is Cc1ccc(S(=O)(=O)Nc2cncc(Cl)c2O)cc1Cl. The van der Waals surface area contributed by atoms with Crippen LogP contribution in [0, 0.1) is 6.92 Å². The summed E-state index contributed by atoms with van der Waals surface area (Å²) < 4.78 is 26.6. The topological polar surface area (TPSA) is 79.3 Å². The third-order valence-corrected chi connectivity index (χ3v) is 4.62. The Morgan fingerprint density at radius 1 is 1.20 bits per heavy atom. The van der Waals surface area contributed by atoms with E-state index in [2.05, 4.69) is 9.71 Å². The molecule has 5 nitrogen and oxygen atoms in total. The normalized spacial score (nSPS) is 11.3. The fourth-order valence-electron chi connectivity index (χ4n) is 1.45. The second kappa shape index (κ2) is 5.47. The first-order valence-corrected chi connectivity index (χ1v) is 7.66. The van der Waals surface area contributed by atoms with Crippen LogP contribution in [0.25, 0.3) is 0 Å². The Hall–Kier alpha value is -1.50. The molecule has 0 fully saturated rings. The van der Waals surface area contributed by atoms with E-state index < -0.39 is 10.0 Å². The van der Waals surface area contributed by atoms with Crippen LogP contribution in [0.1, 0.15) is 5.56 Å². The number of anilines is 1. The van der Waals surface area contributed by atoms with Gasteiger partial charge < -0.3 is 5.11 Å². The lowest BCUT2D eigenvalue weighted by atomic mass is 10.2. The van der Waals surface area contributed by atoms with Crippen LogP contribution in [-0.4, -0.2) is 18.5 Å². The van der Waals surface area contributed by atoms with E-state index in [-0.39, 0.29) is 21.4 Å². The lowest BCUT2D eigenvalue weighted by molar-refractivity contribution is 0.477. The number of hydrogen-bond acceptors (Lipinski definition) is 4. The van der Waals surface area contributed by atoms with Crippen molar-refractivity contribution in [3.8, 4) is 5.75 Å². The molecule has 0 amide bonds. The zero-order valence-electron chi connectivity index (χ0n) is 10.3. The summed E-state index contributed by atoms with van der Waals surface area (Å²) in [6.07, 6.45) is 2.37. The zero-order valence-corrected chi connectivity index (χ0v) is 12.6. The molecule has 0 bridgehead atoms. The molecule has 0 aliphatic carbocycles. The molecule has 0 aliphatic rings. The summed E-state index contributed by atoms with van der Waals surface area (Å²) in [7, 11) is -3.88. The number of benzene rings is 1. The summed E-state index contributed by atoms with van der Waals surface area (Å²) in [5.74, 6) is -0.386. The largest absolute Gasteiger partial charge is 0.504 e. The molecule has 0 aliphatic heterocycles. The van der Waals surface area contributed by atoms with E-state index in [0.29, 0.717) is 5.02 Å². The van der Waals surface area contributed by atoms with Crippen molar-refractivity contribution >= 4 is 38.9 Å². The van der Waals surface area contributed by atoms with E-state index >= 15 is 0 Å². The molecule has 2 aromatic rings. The molecule has 0 saturated carbocycles. The highest BCUT2D eigenvalue weighted by molar-refractivity contribution is 7.92. The number of sulfonamides is 1. The van der Waals surface area contributed by atoms with Crippen molar-refractivity contribution in [1.29, 1.82) is 0 Å². The van der Waals surface area contributed by atoms with Crippen molar-refractivity contribution in [3.63, 3.8) is 0 Å². The molecule has 0 radical (unpaired) electrons. The molecule has 0 atom stereocenters. The highest BCUT2D eigenvalue weighted by Gasteiger charge is 2.18. The molecule has 0 unspecified atom stereocenters. The Morgan fingerprint density at radius 2 is 1.90 bits per heavy atom. The van der Waals surface area contributed by atoms with Gasteiger partial charge in [0.1, 0.15) is 10.7 Å². The third-order valence-electron chi connectivity index (χ3n) is 2.57. The molecule has 106 valence electrons. The van der Waals surface area contributed by atoms with Crippen LogP contribution < -0.4 is 4.72 Å². The van der Waals surface area contributed by atoms with Gasteiger partial charge in [-0.3, -0.25) is 9.71 Å². The van der Waals surface area contributed by atoms with Gasteiger partial charge in [-0.1, -0.05) is 29.3 Å². The highest BCUT2D eigenvalue weighted by Crippen LogP contribution is 2.32. The molecule has 2 rings (SSSR count). The van der Waals surface area contributed by atoms with Crippen LogP contribution >= 0.6 is 23.2 Å².